The number of nitrogens with zero attached hydrogens (tertiary/aromatic N) is 2. The maximum absolute atomic E-state index is 5.34. The van der Waals surface area contributed by atoms with Gasteiger partial charge in [0, 0.05) is 5.56 Å². The largest absolute Gasteiger partial charge is 0.409 e. The van der Waals surface area contributed by atoms with E-state index in [1.54, 1.807) is 0 Å². The molecule has 1 aromatic carbocycles. The number of H-pyrrole nitrogens is 1. The lowest BCUT2D eigenvalue weighted by molar-refractivity contribution is 0.551. The van der Waals surface area contributed by atoms with Gasteiger partial charge in [-0.1, -0.05) is 23.8 Å². The topological polar surface area (TPSA) is 54.7 Å². The molecule has 106 valence electrons. The molecule has 21 heavy (non-hydrogen) atoms. The van der Waals surface area contributed by atoms with Gasteiger partial charge in [-0.05, 0) is 50.7 Å². The fourth-order valence-electron chi connectivity index (χ4n) is 2.38. The Hall–Kier alpha value is -2.27. The van der Waals surface area contributed by atoms with Crippen molar-refractivity contribution in [2.45, 2.75) is 20.8 Å². The van der Waals surface area contributed by atoms with Crippen molar-refractivity contribution in [1.82, 2.24) is 15.2 Å². The van der Waals surface area contributed by atoms with Gasteiger partial charge in [-0.3, -0.25) is 4.98 Å². The fraction of sp³-hybridized carbons (Fsp3) is 0.188. The van der Waals surface area contributed by atoms with Crippen LogP contribution in [0.5, 0.6) is 0 Å². The van der Waals surface area contributed by atoms with Crippen LogP contribution in [0, 0.1) is 25.6 Å². The Morgan fingerprint density at radius 2 is 1.81 bits per heavy atom. The van der Waals surface area contributed by atoms with Crippen molar-refractivity contribution in [3.8, 4) is 22.7 Å². The number of pyridine rings is 1. The van der Waals surface area contributed by atoms with Crippen molar-refractivity contribution in [3.05, 3.63) is 52.0 Å². The number of benzene rings is 1. The highest BCUT2D eigenvalue weighted by Crippen LogP contribution is 2.27. The first-order valence-electron chi connectivity index (χ1n) is 6.66. The molecule has 0 radical (unpaired) electrons. The molecule has 0 bridgehead atoms. The third-order valence-electron chi connectivity index (χ3n) is 3.41. The molecule has 0 fully saturated rings. The van der Waals surface area contributed by atoms with E-state index in [1.807, 2.05) is 19.1 Å². The second kappa shape index (κ2) is 5.26. The van der Waals surface area contributed by atoms with Gasteiger partial charge in [0.05, 0.1) is 17.0 Å². The van der Waals surface area contributed by atoms with Gasteiger partial charge in [0.15, 0.2) is 0 Å². The molecule has 2 heterocycles. The van der Waals surface area contributed by atoms with Crippen LogP contribution in [-0.2, 0) is 0 Å². The summed E-state index contributed by atoms with van der Waals surface area (Å²) in [5.41, 5.74) is 6.25. The zero-order chi connectivity index (χ0) is 15.0. The van der Waals surface area contributed by atoms with E-state index in [9.17, 15) is 0 Å². The summed E-state index contributed by atoms with van der Waals surface area (Å²) in [5.74, 6) is 0.470. The monoisotopic (exact) mass is 297 g/mol. The molecule has 0 amide bonds. The van der Waals surface area contributed by atoms with Crippen molar-refractivity contribution in [2.75, 3.05) is 0 Å². The van der Waals surface area contributed by atoms with Crippen LogP contribution in [0.1, 0.15) is 16.8 Å². The maximum atomic E-state index is 5.34. The van der Waals surface area contributed by atoms with Crippen molar-refractivity contribution >= 4 is 12.2 Å². The maximum Gasteiger partial charge on any atom is 0.284 e. The second-order valence-electron chi connectivity index (χ2n) is 5.07. The highest BCUT2D eigenvalue weighted by Gasteiger charge is 2.11. The van der Waals surface area contributed by atoms with Crippen LogP contribution >= 0.6 is 12.2 Å². The molecular weight excluding hydrogens is 282 g/mol. The van der Waals surface area contributed by atoms with Crippen molar-refractivity contribution < 1.29 is 4.42 Å². The SMILES string of the molecule is Cc1ccc(-c2ccc(-c3n[nH]c(=S)o3)c(C)n2)c(C)c1. The average Bonchev–Trinajstić information content (AvgIpc) is 2.85. The normalized spacial score (nSPS) is 10.8. The summed E-state index contributed by atoms with van der Waals surface area (Å²) in [6.07, 6.45) is 0. The van der Waals surface area contributed by atoms with Gasteiger partial charge in [-0.25, -0.2) is 5.10 Å². The summed E-state index contributed by atoms with van der Waals surface area (Å²) in [6.45, 7) is 6.12. The van der Waals surface area contributed by atoms with E-state index < -0.39 is 0 Å². The Kier molecular flexibility index (Phi) is 3.43. The molecule has 2 aromatic heterocycles. The zero-order valence-corrected chi connectivity index (χ0v) is 12.9. The number of hydrogen-bond acceptors (Lipinski definition) is 4. The first kappa shape index (κ1) is 13.7. The van der Waals surface area contributed by atoms with Crippen LogP contribution in [0.3, 0.4) is 0 Å². The number of hydrogen-bond donors (Lipinski definition) is 1. The summed E-state index contributed by atoms with van der Waals surface area (Å²) in [4.78, 5) is 4.94. The van der Waals surface area contributed by atoms with E-state index >= 15 is 0 Å². The van der Waals surface area contributed by atoms with Crippen LogP contribution in [-0.4, -0.2) is 15.2 Å². The molecule has 3 rings (SSSR count). The van der Waals surface area contributed by atoms with Crippen molar-refractivity contribution in [1.29, 1.82) is 0 Å². The third-order valence-corrected chi connectivity index (χ3v) is 3.59. The predicted octanol–water partition coefficient (Wildman–Crippen LogP) is 4.39. The summed E-state index contributed by atoms with van der Waals surface area (Å²) < 4.78 is 5.34. The summed E-state index contributed by atoms with van der Waals surface area (Å²) in [7, 11) is 0. The molecule has 0 aliphatic heterocycles. The minimum atomic E-state index is 0.267. The highest BCUT2D eigenvalue weighted by atomic mass is 32.1. The first-order valence-corrected chi connectivity index (χ1v) is 7.06. The number of nitrogens with one attached hydrogen (secondary N) is 1. The average molecular weight is 297 g/mol. The Bertz CT molecular complexity index is 864. The molecule has 0 atom stereocenters. The lowest BCUT2D eigenvalue weighted by atomic mass is 10.0. The standard InChI is InChI=1S/C16H15N3OS/c1-9-4-5-12(10(2)8-9)14-7-6-13(11(3)17-14)15-18-19-16(21)20-15/h4-8H,1-3H3,(H,19,21). The molecule has 4 nitrogen and oxygen atoms in total. The first-order chi connectivity index (χ1) is 10.0. The molecule has 0 saturated heterocycles. The molecule has 0 saturated carbocycles. The van der Waals surface area contributed by atoms with Gasteiger partial charge in [0.2, 0.25) is 5.89 Å². The fourth-order valence-corrected chi connectivity index (χ4v) is 2.51. The number of aromatic nitrogens is 3. The molecule has 0 aliphatic carbocycles. The molecule has 3 aromatic rings. The van der Waals surface area contributed by atoms with Crippen LogP contribution in [0.15, 0.2) is 34.7 Å². The molecule has 0 unspecified atom stereocenters. The highest BCUT2D eigenvalue weighted by molar-refractivity contribution is 7.71. The van der Waals surface area contributed by atoms with Crippen molar-refractivity contribution in [2.24, 2.45) is 0 Å². The summed E-state index contributed by atoms with van der Waals surface area (Å²) >= 11 is 4.90. The Morgan fingerprint density at radius 1 is 1.05 bits per heavy atom. The number of aromatic amines is 1. The van der Waals surface area contributed by atoms with Gasteiger partial charge in [-0.2, -0.15) is 0 Å². The third kappa shape index (κ3) is 2.64. The smallest absolute Gasteiger partial charge is 0.284 e. The number of aryl methyl sites for hydroxylation is 3. The Morgan fingerprint density at radius 3 is 2.43 bits per heavy atom. The van der Waals surface area contributed by atoms with E-state index in [4.69, 9.17) is 16.6 Å². The Labute approximate surface area is 127 Å². The molecule has 1 N–H and O–H groups in total. The lowest BCUT2D eigenvalue weighted by Gasteiger charge is -2.08. The van der Waals surface area contributed by atoms with Gasteiger partial charge in [0.1, 0.15) is 0 Å². The quantitative estimate of drug-likeness (QED) is 0.713. The van der Waals surface area contributed by atoms with Gasteiger partial charge < -0.3 is 4.42 Å². The van der Waals surface area contributed by atoms with Crippen LogP contribution in [0.4, 0.5) is 0 Å². The summed E-state index contributed by atoms with van der Waals surface area (Å²) in [6, 6.07) is 10.3. The van der Waals surface area contributed by atoms with Crippen LogP contribution < -0.4 is 0 Å². The molecule has 0 spiro atoms. The molecule has 5 heteroatoms. The van der Waals surface area contributed by atoms with Gasteiger partial charge >= 0.3 is 0 Å². The predicted molar refractivity (Wildman–Crippen MR) is 84.6 cm³/mol. The number of rotatable bonds is 2. The Balaban J connectivity index is 2.07. The van der Waals surface area contributed by atoms with E-state index in [0.29, 0.717) is 5.89 Å². The minimum absolute atomic E-state index is 0.267. The lowest BCUT2D eigenvalue weighted by Crippen LogP contribution is -1.93. The molecular formula is C16H15N3OS. The van der Waals surface area contributed by atoms with E-state index in [2.05, 4.69) is 47.2 Å². The van der Waals surface area contributed by atoms with Crippen molar-refractivity contribution in [3.63, 3.8) is 0 Å². The minimum Gasteiger partial charge on any atom is -0.409 e. The zero-order valence-electron chi connectivity index (χ0n) is 12.1. The van der Waals surface area contributed by atoms with Gasteiger partial charge in [-0.15, -0.1) is 5.10 Å². The van der Waals surface area contributed by atoms with E-state index in [-0.39, 0.29) is 4.84 Å². The van der Waals surface area contributed by atoms with Crippen LogP contribution in [0.25, 0.3) is 22.7 Å². The molecule has 0 aliphatic rings. The van der Waals surface area contributed by atoms with Crippen LogP contribution in [0.2, 0.25) is 0 Å². The second-order valence-corrected chi connectivity index (χ2v) is 5.44. The summed E-state index contributed by atoms with van der Waals surface area (Å²) in [5, 5.41) is 6.67. The van der Waals surface area contributed by atoms with E-state index in [0.717, 1.165) is 22.5 Å². The van der Waals surface area contributed by atoms with E-state index in [1.165, 1.54) is 11.1 Å². The van der Waals surface area contributed by atoms with Gasteiger partial charge in [0.25, 0.3) is 4.84 Å².